The molecule has 0 aliphatic rings. The molecule has 1 aromatic rings. The highest BCUT2D eigenvalue weighted by Crippen LogP contribution is 2.05. The molecule has 1 rings (SSSR count). The summed E-state index contributed by atoms with van der Waals surface area (Å²) in [5.74, 6) is -1.49. The lowest BCUT2D eigenvalue weighted by Gasteiger charge is -2.28. The van der Waals surface area contributed by atoms with Crippen LogP contribution in [0.1, 0.15) is 55.3 Å². The van der Waals surface area contributed by atoms with Gasteiger partial charge in [-0.2, -0.15) is 0 Å². The Hall–Kier alpha value is -1.59. The maximum absolute atomic E-state index is 10.9. The molecule has 23 heavy (non-hydrogen) atoms. The van der Waals surface area contributed by atoms with Gasteiger partial charge in [0, 0.05) is 12.1 Å². The molecule has 1 N–H and O–H groups in total. The molecule has 0 spiro atoms. The number of halogens is 1. The Labute approximate surface area is 145 Å². The minimum atomic E-state index is -1.02. The van der Waals surface area contributed by atoms with E-state index in [0.29, 0.717) is 17.6 Å². The lowest BCUT2D eigenvalue weighted by Crippen LogP contribution is -3.00. The first-order valence-corrected chi connectivity index (χ1v) is 7.41. The number of carboxylic acid groups (broad SMARTS) is 1. The van der Waals surface area contributed by atoms with E-state index in [0.717, 1.165) is 6.54 Å². The summed E-state index contributed by atoms with van der Waals surface area (Å²) in [4.78, 5) is 23.8. The molecule has 0 saturated carbocycles. The lowest BCUT2D eigenvalue weighted by atomic mass is 10.1. The zero-order valence-electron chi connectivity index (χ0n) is 14.7. The Morgan fingerprint density at radius 2 is 1.43 bits per heavy atom. The molecule has 0 amide bonds. The summed E-state index contributed by atoms with van der Waals surface area (Å²) in [6.07, 6.45) is 0. The van der Waals surface area contributed by atoms with Crippen LogP contribution in [0.15, 0.2) is 24.3 Å². The summed E-state index contributed by atoms with van der Waals surface area (Å²) < 4.78 is 4.45. The molecule has 0 fully saturated rings. The molecule has 0 bridgehead atoms. The predicted molar refractivity (Wildman–Crippen MR) is 87.4 cm³/mol. The molecule has 1 aromatic carbocycles. The highest BCUT2D eigenvalue weighted by Gasteiger charge is 2.09. The maximum atomic E-state index is 10.9. The zero-order chi connectivity index (χ0) is 17.3. The third-order valence-corrected chi connectivity index (χ3v) is 3.24. The Balaban J connectivity index is 0. The van der Waals surface area contributed by atoms with Gasteiger partial charge in [0.2, 0.25) is 0 Å². The molecule has 0 aliphatic carbocycles. The van der Waals surface area contributed by atoms with Crippen LogP contribution in [0.2, 0.25) is 0 Å². The Kier molecular flexibility index (Phi) is 12.3. The van der Waals surface area contributed by atoms with Crippen molar-refractivity contribution in [2.45, 2.75) is 46.7 Å². The van der Waals surface area contributed by atoms with Gasteiger partial charge in [0.1, 0.15) is 0 Å². The van der Waals surface area contributed by atoms with Crippen LogP contribution in [-0.2, 0) is 4.74 Å². The number of methoxy groups -OCH3 is 1. The van der Waals surface area contributed by atoms with Crippen molar-refractivity contribution in [1.82, 2.24) is 4.90 Å². The first kappa shape index (κ1) is 23.7. The van der Waals surface area contributed by atoms with Crippen LogP contribution >= 0.6 is 0 Å². The van der Waals surface area contributed by atoms with Crippen LogP contribution in [0.4, 0.5) is 0 Å². The summed E-state index contributed by atoms with van der Waals surface area (Å²) in [6.45, 7) is 12.3. The fourth-order valence-corrected chi connectivity index (χ4v) is 2.19. The minimum Gasteiger partial charge on any atom is -1.00 e. The number of esters is 1. The molecule has 0 aliphatic heterocycles. The molecule has 0 radical (unpaired) electrons. The van der Waals surface area contributed by atoms with Crippen molar-refractivity contribution < 1.29 is 31.8 Å². The van der Waals surface area contributed by atoms with Crippen molar-refractivity contribution in [2.75, 3.05) is 13.7 Å². The van der Waals surface area contributed by atoms with Crippen LogP contribution < -0.4 is 12.4 Å². The van der Waals surface area contributed by atoms with E-state index in [9.17, 15) is 9.59 Å². The van der Waals surface area contributed by atoms with E-state index in [2.05, 4.69) is 44.3 Å². The van der Waals surface area contributed by atoms with Gasteiger partial charge in [0.05, 0.1) is 18.2 Å². The molecule has 5 nitrogen and oxygen atoms in total. The average molecular weight is 345 g/mol. The van der Waals surface area contributed by atoms with Gasteiger partial charge in [-0.25, -0.2) is 9.59 Å². The van der Waals surface area contributed by atoms with Crippen molar-refractivity contribution >= 4 is 11.9 Å². The lowest BCUT2D eigenvalue weighted by molar-refractivity contribution is -0.0000350. The van der Waals surface area contributed by atoms with Crippen LogP contribution in [0.5, 0.6) is 0 Å². The first-order valence-electron chi connectivity index (χ1n) is 7.41. The van der Waals surface area contributed by atoms with Crippen LogP contribution in [0.3, 0.4) is 0 Å². The molecular weight excluding hydrogens is 318 g/mol. The van der Waals surface area contributed by atoms with Gasteiger partial charge in [-0.3, -0.25) is 4.90 Å². The number of aromatic carboxylic acids is 1. The second-order valence-corrected chi connectivity index (χ2v) is 5.39. The Bertz CT molecular complexity index is 464. The number of hydrogen-bond acceptors (Lipinski definition) is 4. The summed E-state index contributed by atoms with van der Waals surface area (Å²) >= 11 is 0. The van der Waals surface area contributed by atoms with E-state index in [1.54, 1.807) is 0 Å². The van der Waals surface area contributed by atoms with E-state index >= 15 is 0 Å². The monoisotopic (exact) mass is 344 g/mol. The molecule has 0 atom stereocenters. The number of benzene rings is 1. The molecule has 0 saturated heterocycles. The van der Waals surface area contributed by atoms with Gasteiger partial charge in [-0.05, 0) is 58.5 Å². The van der Waals surface area contributed by atoms with Crippen molar-refractivity contribution in [1.29, 1.82) is 0 Å². The highest BCUT2D eigenvalue weighted by molar-refractivity contribution is 5.92. The number of carbonyl (C=O) groups excluding carboxylic acids is 1. The predicted octanol–water partition coefficient (Wildman–Crippen LogP) is 0.301. The molecule has 6 heteroatoms. The third-order valence-electron chi connectivity index (χ3n) is 3.24. The molecule has 132 valence electrons. The van der Waals surface area contributed by atoms with Gasteiger partial charge in [0.15, 0.2) is 0 Å². The van der Waals surface area contributed by atoms with Crippen LogP contribution in [0.25, 0.3) is 0 Å². The van der Waals surface area contributed by atoms with E-state index < -0.39 is 11.9 Å². The van der Waals surface area contributed by atoms with Gasteiger partial charge < -0.3 is 22.3 Å². The maximum Gasteiger partial charge on any atom is 0.337 e. The van der Waals surface area contributed by atoms with Crippen molar-refractivity contribution in [3.63, 3.8) is 0 Å². The fraction of sp³-hybridized carbons (Fsp3) is 0.529. The number of ether oxygens (including phenoxy) is 1. The van der Waals surface area contributed by atoms with Gasteiger partial charge in [-0.15, -0.1) is 0 Å². The highest BCUT2D eigenvalue weighted by atomic mass is 35.5. The summed E-state index contributed by atoms with van der Waals surface area (Å²) in [6, 6.07) is 6.92. The van der Waals surface area contributed by atoms with Crippen LogP contribution in [0, 0.1) is 0 Å². The molecule has 0 unspecified atom stereocenters. The van der Waals surface area contributed by atoms with Crippen molar-refractivity contribution in [3.8, 4) is 0 Å². The quantitative estimate of drug-likeness (QED) is 0.778. The van der Waals surface area contributed by atoms with Crippen LogP contribution in [-0.4, -0.2) is 47.7 Å². The number of carbonyl (C=O) groups is 2. The largest absolute Gasteiger partial charge is 1.00 e. The fourth-order valence-electron chi connectivity index (χ4n) is 2.19. The second-order valence-electron chi connectivity index (χ2n) is 5.39. The summed E-state index contributed by atoms with van der Waals surface area (Å²) in [5.41, 5.74) is 0.486. The zero-order valence-corrected chi connectivity index (χ0v) is 15.4. The van der Waals surface area contributed by atoms with Crippen molar-refractivity contribution in [2.24, 2.45) is 0 Å². The third kappa shape index (κ3) is 8.57. The molecular formula is C17H27ClNO4-. The van der Waals surface area contributed by atoms with E-state index in [1.807, 2.05) is 0 Å². The number of carboxylic acids is 1. The average Bonchev–Trinajstić information content (AvgIpc) is 2.47. The second kappa shape index (κ2) is 11.9. The van der Waals surface area contributed by atoms with Gasteiger partial charge in [-0.1, -0.05) is 6.92 Å². The van der Waals surface area contributed by atoms with E-state index in [-0.39, 0.29) is 18.0 Å². The van der Waals surface area contributed by atoms with Gasteiger partial charge >= 0.3 is 11.9 Å². The molecule has 0 heterocycles. The summed E-state index contributed by atoms with van der Waals surface area (Å²) in [7, 11) is 1.27. The number of nitrogens with zero attached hydrogens (tertiary/aromatic N) is 1. The molecule has 0 aromatic heterocycles. The minimum absolute atomic E-state index is 0. The Morgan fingerprint density at radius 3 is 1.65 bits per heavy atom. The summed E-state index contributed by atoms with van der Waals surface area (Å²) in [5, 5.41) is 8.56. The first-order chi connectivity index (χ1) is 10.2. The smallest absolute Gasteiger partial charge is 0.337 e. The number of rotatable bonds is 5. The van der Waals surface area contributed by atoms with E-state index in [1.165, 1.54) is 31.4 Å². The topological polar surface area (TPSA) is 66.8 Å². The van der Waals surface area contributed by atoms with Gasteiger partial charge in [0.25, 0.3) is 0 Å². The Morgan fingerprint density at radius 1 is 1.04 bits per heavy atom. The SMILES string of the molecule is CCN(C(C)C)C(C)C.COC(=O)c1ccc(C(=O)O)cc1.[Cl-]. The number of hydrogen-bond donors (Lipinski definition) is 1. The van der Waals surface area contributed by atoms with Crippen molar-refractivity contribution in [3.05, 3.63) is 35.4 Å². The van der Waals surface area contributed by atoms with E-state index in [4.69, 9.17) is 5.11 Å². The normalized spacial score (nSPS) is 9.96. The standard InChI is InChI=1S/C9H8O4.C8H19N.ClH/c1-13-9(12)7-4-2-6(3-5-7)8(10)11;1-6-9(7(2)3)8(4)5;/h2-5H,1H3,(H,10,11);7-8H,6H2,1-5H3;1H/p-1.